The first-order chi connectivity index (χ1) is 14.7. The molecule has 0 fully saturated rings. The summed E-state index contributed by atoms with van der Waals surface area (Å²) in [6, 6.07) is 14.1. The second-order valence-electron chi connectivity index (χ2n) is 7.14. The molecule has 2 aromatic heterocycles. The fourth-order valence-electron chi connectivity index (χ4n) is 3.17. The normalized spacial score (nSPS) is 11.5. The summed E-state index contributed by atoms with van der Waals surface area (Å²) in [4.78, 5) is 30.6. The number of H-pyrrole nitrogens is 2. The number of hydrogen-bond acceptors (Lipinski definition) is 5. The number of furan rings is 1. The number of aromatic amines is 2. The number of rotatable bonds is 6. The highest BCUT2D eigenvalue weighted by atomic mass is 32.2. The summed E-state index contributed by atoms with van der Waals surface area (Å²) in [5.41, 5.74) is 1.22. The Morgan fingerprint density at radius 2 is 1.74 bits per heavy atom. The van der Waals surface area contributed by atoms with Crippen LogP contribution < -0.4 is 10.4 Å². The molecule has 0 saturated carbocycles. The molecule has 0 unspecified atom stereocenters. The van der Waals surface area contributed by atoms with Crippen LogP contribution in [0.25, 0.3) is 11.0 Å². The summed E-state index contributed by atoms with van der Waals surface area (Å²) >= 11 is 0. The Balaban J connectivity index is 1.47. The minimum atomic E-state index is -3.88. The summed E-state index contributed by atoms with van der Waals surface area (Å²) in [5.74, 6) is 1.23. The van der Waals surface area contributed by atoms with Gasteiger partial charge in [-0.05, 0) is 61.5 Å². The maximum absolute atomic E-state index is 12.7. The van der Waals surface area contributed by atoms with Crippen molar-refractivity contribution in [2.75, 3.05) is 11.8 Å². The summed E-state index contributed by atoms with van der Waals surface area (Å²) < 4.78 is 33.3. The Labute approximate surface area is 177 Å². The standard InChI is InChI=1S/C21H20N4O5S/c1-13-3-8-16(30-13)12-25(2)20(26)14-4-6-15(7-5-14)24-31(28,29)17-9-10-18-19(11-17)23-21(27)22-18/h3-11,24H,12H2,1-2H3,(H2,22,23,27). The van der Waals surface area contributed by atoms with Crippen LogP contribution in [-0.4, -0.2) is 36.2 Å². The van der Waals surface area contributed by atoms with Crippen LogP contribution in [0.2, 0.25) is 0 Å². The lowest BCUT2D eigenvalue weighted by atomic mass is 10.2. The molecule has 2 aromatic carbocycles. The lowest BCUT2D eigenvalue weighted by Crippen LogP contribution is -2.26. The molecule has 0 aliphatic carbocycles. The number of hydrogen-bond donors (Lipinski definition) is 3. The number of amides is 1. The van der Waals surface area contributed by atoms with E-state index < -0.39 is 15.7 Å². The minimum absolute atomic E-state index is 0.00359. The van der Waals surface area contributed by atoms with Crippen molar-refractivity contribution in [1.82, 2.24) is 14.9 Å². The predicted molar refractivity (Wildman–Crippen MR) is 115 cm³/mol. The molecule has 0 saturated heterocycles. The molecule has 0 bridgehead atoms. The summed E-state index contributed by atoms with van der Waals surface area (Å²) in [7, 11) is -2.21. The molecule has 4 rings (SSSR count). The van der Waals surface area contributed by atoms with E-state index in [1.165, 1.54) is 35.2 Å². The zero-order chi connectivity index (χ0) is 22.2. The molecule has 0 radical (unpaired) electrons. The molecule has 0 aliphatic rings. The third kappa shape index (κ3) is 4.38. The average molecular weight is 440 g/mol. The second-order valence-corrected chi connectivity index (χ2v) is 8.83. The van der Waals surface area contributed by atoms with Crippen LogP contribution in [0.4, 0.5) is 5.69 Å². The Morgan fingerprint density at radius 3 is 2.42 bits per heavy atom. The molecule has 0 spiro atoms. The van der Waals surface area contributed by atoms with Crippen LogP contribution in [-0.2, 0) is 16.6 Å². The van der Waals surface area contributed by atoms with E-state index in [-0.39, 0.29) is 10.8 Å². The molecule has 2 heterocycles. The molecule has 4 aromatic rings. The molecule has 0 aliphatic heterocycles. The van der Waals surface area contributed by atoms with E-state index in [9.17, 15) is 18.0 Å². The lowest BCUT2D eigenvalue weighted by Gasteiger charge is -2.16. The van der Waals surface area contributed by atoms with Gasteiger partial charge in [0, 0.05) is 18.3 Å². The number of sulfonamides is 1. The van der Waals surface area contributed by atoms with Gasteiger partial charge in [-0.25, -0.2) is 13.2 Å². The van der Waals surface area contributed by atoms with E-state index >= 15 is 0 Å². The molecular formula is C21H20N4O5S. The van der Waals surface area contributed by atoms with Crippen LogP contribution in [0, 0.1) is 6.92 Å². The largest absolute Gasteiger partial charge is 0.464 e. The van der Waals surface area contributed by atoms with Gasteiger partial charge in [0.15, 0.2) is 0 Å². The smallest absolute Gasteiger partial charge is 0.323 e. The van der Waals surface area contributed by atoms with Gasteiger partial charge in [-0.3, -0.25) is 9.52 Å². The summed E-state index contributed by atoms with van der Waals surface area (Å²) in [6.45, 7) is 2.16. The molecule has 1 amide bonds. The van der Waals surface area contributed by atoms with E-state index in [1.54, 1.807) is 19.2 Å². The van der Waals surface area contributed by atoms with Crippen molar-refractivity contribution in [2.24, 2.45) is 0 Å². The number of carbonyl (C=O) groups is 1. The van der Waals surface area contributed by atoms with Gasteiger partial charge >= 0.3 is 5.69 Å². The molecule has 10 heteroatoms. The molecular weight excluding hydrogens is 420 g/mol. The van der Waals surface area contributed by atoms with Crippen LogP contribution in [0.1, 0.15) is 21.9 Å². The molecule has 9 nitrogen and oxygen atoms in total. The van der Waals surface area contributed by atoms with Crippen molar-refractivity contribution < 1.29 is 17.6 Å². The third-order valence-corrected chi connectivity index (χ3v) is 6.10. The van der Waals surface area contributed by atoms with Crippen LogP contribution >= 0.6 is 0 Å². The van der Waals surface area contributed by atoms with Gasteiger partial charge in [-0.15, -0.1) is 0 Å². The van der Waals surface area contributed by atoms with Gasteiger partial charge in [-0.1, -0.05) is 0 Å². The number of nitrogens with one attached hydrogen (secondary N) is 3. The number of fused-ring (bicyclic) bond motifs is 1. The van der Waals surface area contributed by atoms with Gasteiger partial charge in [0.2, 0.25) is 0 Å². The highest BCUT2D eigenvalue weighted by Gasteiger charge is 2.17. The Kier molecular flexibility index (Phi) is 5.15. The quantitative estimate of drug-likeness (QED) is 0.425. The van der Waals surface area contributed by atoms with Gasteiger partial charge in [0.1, 0.15) is 11.5 Å². The maximum atomic E-state index is 12.7. The fourth-order valence-corrected chi connectivity index (χ4v) is 4.25. The number of carbonyl (C=O) groups excluding carboxylic acids is 1. The van der Waals surface area contributed by atoms with Crippen molar-refractivity contribution in [3.63, 3.8) is 0 Å². The Bertz CT molecular complexity index is 1410. The van der Waals surface area contributed by atoms with Gasteiger partial charge in [0.05, 0.1) is 22.5 Å². The van der Waals surface area contributed by atoms with E-state index in [2.05, 4.69) is 14.7 Å². The lowest BCUT2D eigenvalue weighted by molar-refractivity contribution is 0.0775. The molecule has 3 N–H and O–H groups in total. The maximum Gasteiger partial charge on any atom is 0.323 e. The van der Waals surface area contributed by atoms with Crippen LogP contribution in [0.3, 0.4) is 0 Å². The first-order valence-corrected chi connectivity index (χ1v) is 10.9. The van der Waals surface area contributed by atoms with Crippen molar-refractivity contribution >= 4 is 32.7 Å². The molecule has 31 heavy (non-hydrogen) atoms. The zero-order valence-electron chi connectivity index (χ0n) is 16.8. The SMILES string of the molecule is Cc1ccc(CN(C)C(=O)c2ccc(NS(=O)(=O)c3ccc4[nH]c(=O)[nH]c4c3)cc2)o1. The molecule has 0 atom stereocenters. The van der Waals surface area contributed by atoms with Crippen LogP contribution in [0.15, 0.2) is 68.7 Å². The van der Waals surface area contributed by atoms with Crippen molar-refractivity contribution in [1.29, 1.82) is 0 Å². The number of nitrogens with zero attached hydrogens (tertiary/aromatic N) is 1. The first-order valence-electron chi connectivity index (χ1n) is 9.37. The van der Waals surface area contributed by atoms with Crippen molar-refractivity contribution in [3.8, 4) is 0 Å². The van der Waals surface area contributed by atoms with Gasteiger partial charge in [-0.2, -0.15) is 0 Å². The number of imidazole rings is 1. The van der Waals surface area contributed by atoms with E-state index in [1.807, 2.05) is 19.1 Å². The van der Waals surface area contributed by atoms with Crippen molar-refractivity contribution in [3.05, 3.63) is 82.2 Å². The second kappa shape index (κ2) is 7.80. The number of benzene rings is 2. The van der Waals surface area contributed by atoms with Crippen molar-refractivity contribution in [2.45, 2.75) is 18.4 Å². The first kappa shape index (κ1) is 20.5. The number of aryl methyl sites for hydroxylation is 1. The predicted octanol–water partition coefficient (Wildman–Crippen LogP) is 2.83. The van der Waals surface area contributed by atoms with Crippen LogP contribution in [0.5, 0.6) is 0 Å². The van der Waals surface area contributed by atoms with E-state index in [0.717, 1.165) is 5.76 Å². The highest BCUT2D eigenvalue weighted by molar-refractivity contribution is 7.92. The van der Waals surface area contributed by atoms with Gasteiger partial charge < -0.3 is 19.3 Å². The minimum Gasteiger partial charge on any atom is -0.464 e. The zero-order valence-corrected chi connectivity index (χ0v) is 17.6. The highest BCUT2D eigenvalue weighted by Crippen LogP contribution is 2.20. The summed E-state index contributed by atoms with van der Waals surface area (Å²) in [6.07, 6.45) is 0. The summed E-state index contributed by atoms with van der Waals surface area (Å²) in [5, 5.41) is 0. The Hall–Kier alpha value is -3.79. The Morgan fingerprint density at radius 1 is 1.03 bits per heavy atom. The number of anilines is 1. The average Bonchev–Trinajstić information content (AvgIpc) is 3.31. The van der Waals surface area contributed by atoms with E-state index in [4.69, 9.17) is 4.42 Å². The topological polar surface area (TPSA) is 128 Å². The monoisotopic (exact) mass is 440 g/mol. The third-order valence-electron chi connectivity index (χ3n) is 4.72. The van der Waals surface area contributed by atoms with E-state index in [0.29, 0.717) is 34.6 Å². The fraction of sp³-hybridized carbons (Fsp3) is 0.143. The van der Waals surface area contributed by atoms with Gasteiger partial charge in [0.25, 0.3) is 15.9 Å². The number of aromatic nitrogens is 2. The molecule has 160 valence electrons.